The van der Waals surface area contributed by atoms with Gasteiger partial charge in [-0.3, -0.25) is 4.79 Å². The molecular formula is C21H21FN2O2. The number of carbonyl (C=O) groups excluding carboxylic acids is 1. The fraction of sp³-hybridized carbons (Fsp3) is 0.333. The lowest BCUT2D eigenvalue weighted by atomic mass is 10.0. The largest absolute Gasteiger partial charge is 0.390 e. The van der Waals surface area contributed by atoms with Gasteiger partial charge in [-0.25, -0.2) is 4.39 Å². The molecule has 1 amide bonds. The van der Waals surface area contributed by atoms with Crippen molar-refractivity contribution in [2.75, 3.05) is 6.54 Å². The van der Waals surface area contributed by atoms with E-state index in [0.717, 1.165) is 29.7 Å². The maximum Gasteiger partial charge on any atom is 0.226 e. The Morgan fingerprint density at radius 2 is 1.85 bits per heavy atom. The number of halogens is 1. The van der Waals surface area contributed by atoms with Crippen LogP contribution < -0.4 is 0 Å². The summed E-state index contributed by atoms with van der Waals surface area (Å²) in [5, 5.41) is 4.21. The molecule has 1 atom stereocenters. The lowest BCUT2D eigenvalue weighted by molar-refractivity contribution is -0.135. The smallest absolute Gasteiger partial charge is 0.226 e. The monoisotopic (exact) mass is 352 g/mol. The second kappa shape index (κ2) is 7.28. The predicted molar refractivity (Wildman–Crippen MR) is 97.0 cm³/mol. The van der Waals surface area contributed by atoms with Crippen molar-refractivity contribution in [1.82, 2.24) is 4.90 Å². The highest BCUT2D eigenvalue weighted by Crippen LogP contribution is 2.32. The first kappa shape index (κ1) is 16.8. The molecule has 5 heteroatoms. The van der Waals surface area contributed by atoms with Gasteiger partial charge in [0.05, 0.1) is 12.3 Å². The van der Waals surface area contributed by atoms with Gasteiger partial charge in [-0.05, 0) is 36.1 Å². The first-order chi connectivity index (χ1) is 12.7. The van der Waals surface area contributed by atoms with Gasteiger partial charge >= 0.3 is 0 Å². The average molecular weight is 352 g/mol. The van der Waals surface area contributed by atoms with Crippen LogP contribution in [0.2, 0.25) is 0 Å². The molecule has 2 aromatic carbocycles. The number of carbonyl (C=O) groups is 1. The van der Waals surface area contributed by atoms with Crippen molar-refractivity contribution in [2.24, 2.45) is 11.1 Å². The lowest BCUT2D eigenvalue weighted by Crippen LogP contribution is -2.38. The zero-order chi connectivity index (χ0) is 17.9. The highest BCUT2D eigenvalue weighted by atomic mass is 19.1. The molecule has 4 nitrogen and oxygen atoms in total. The van der Waals surface area contributed by atoms with Gasteiger partial charge < -0.3 is 9.74 Å². The van der Waals surface area contributed by atoms with E-state index < -0.39 is 0 Å². The Hall–Kier alpha value is -2.69. The summed E-state index contributed by atoms with van der Waals surface area (Å²) in [6.07, 6.45) is 2.45. The van der Waals surface area contributed by atoms with E-state index in [4.69, 9.17) is 4.84 Å². The molecule has 2 aliphatic rings. The van der Waals surface area contributed by atoms with Crippen LogP contribution in [0.25, 0.3) is 0 Å². The van der Waals surface area contributed by atoms with Crippen molar-refractivity contribution in [1.29, 1.82) is 0 Å². The standard InChI is InChI=1S/C21H21FN2O2/c22-18-10-6-15(7-11-18)13-24(21(25)17-8-9-17)14-19-12-20(23-26-19)16-4-2-1-3-5-16/h1-7,10-11,17,19H,8-9,12-14H2/t19-/m0/s1. The van der Waals surface area contributed by atoms with Crippen LogP contribution >= 0.6 is 0 Å². The molecular weight excluding hydrogens is 331 g/mol. The van der Waals surface area contributed by atoms with Gasteiger partial charge in [-0.2, -0.15) is 0 Å². The van der Waals surface area contributed by atoms with E-state index in [-0.39, 0.29) is 23.7 Å². The average Bonchev–Trinajstić information content (AvgIpc) is 3.42. The number of rotatable bonds is 6. The molecule has 1 aliphatic carbocycles. The topological polar surface area (TPSA) is 41.9 Å². The molecule has 0 spiro atoms. The zero-order valence-corrected chi connectivity index (χ0v) is 14.5. The van der Waals surface area contributed by atoms with E-state index in [1.807, 2.05) is 35.2 Å². The van der Waals surface area contributed by atoms with E-state index in [0.29, 0.717) is 19.5 Å². The third-order valence-corrected chi connectivity index (χ3v) is 4.79. The SMILES string of the molecule is O=C(C1CC1)N(Cc1ccc(F)cc1)C[C@@H]1CC(c2ccccc2)=NO1. The third-order valence-electron chi connectivity index (χ3n) is 4.79. The maximum atomic E-state index is 13.1. The molecule has 4 rings (SSSR count). The van der Waals surface area contributed by atoms with Crippen LogP contribution in [-0.2, 0) is 16.2 Å². The Morgan fingerprint density at radius 3 is 2.54 bits per heavy atom. The van der Waals surface area contributed by atoms with Crippen LogP contribution in [0.4, 0.5) is 4.39 Å². The number of benzene rings is 2. The molecule has 26 heavy (non-hydrogen) atoms. The van der Waals surface area contributed by atoms with Crippen molar-refractivity contribution in [2.45, 2.75) is 31.9 Å². The van der Waals surface area contributed by atoms with Gasteiger partial charge in [0.15, 0.2) is 6.10 Å². The number of amides is 1. The van der Waals surface area contributed by atoms with E-state index in [1.165, 1.54) is 12.1 Å². The minimum absolute atomic E-state index is 0.131. The minimum Gasteiger partial charge on any atom is -0.390 e. The Bertz CT molecular complexity index is 801. The van der Waals surface area contributed by atoms with E-state index in [1.54, 1.807) is 12.1 Å². The van der Waals surface area contributed by atoms with Crippen LogP contribution in [0.1, 0.15) is 30.4 Å². The molecule has 1 fully saturated rings. The number of hydrogen-bond donors (Lipinski definition) is 0. The normalized spacial score (nSPS) is 19.0. The van der Waals surface area contributed by atoms with Crippen LogP contribution in [0, 0.1) is 11.7 Å². The summed E-state index contributed by atoms with van der Waals surface area (Å²) in [6, 6.07) is 16.2. The summed E-state index contributed by atoms with van der Waals surface area (Å²) in [7, 11) is 0. The second-order valence-electron chi connectivity index (χ2n) is 6.96. The van der Waals surface area contributed by atoms with Gasteiger partial charge in [0, 0.05) is 18.9 Å². The van der Waals surface area contributed by atoms with Gasteiger partial charge in [-0.15, -0.1) is 0 Å². The summed E-state index contributed by atoms with van der Waals surface area (Å²) in [5.74, 6) is 0.0197. The van der Waals surface area contributed by atoms with Crippen molar-refractivity contribution >= 4 is 11.6 Å². The van der Waals surface area contributed by atoms with Crippen molar-refractivity contribution in [3.8, 4) is 0 Å². The molecule has 1 aliphatic heterocycles. The Balaban J connectivity index is 1.42. The Labute approximate surface area is 152 Å². The predicted octanol–water partition coefficient (Wildman–Crippen LogP) is 3.76. The van der Waals surface area contributed by atoms with Crippen molar-refractivity contribution in [3.63, 3.8) is 0 Å². The van der Waals surface area contributed by atoms with Gasteiger partial charge in [0.25, 0.3) is 0 Å². The molecule has 0 aromatic heterocycles. The van der Waals surface area contributed by atoms with Crippen LogP contribution in [0.3, 0.4) is 0 Å². The second-order valence-corrected chi connectivity index (χ2v) is 6.96. The summed E-state index contributed by atoms with van der Waals surface area (Å²) < 4.78 is 13.1. The Morgan fingerprint density at radius 1 is 1.12 bits per heavy atom. The zero-order valence-electron chi connectivity index (χ0n) is 14.5. The molecule has 1 heterocycles. The van der Waals surface area contributed by atoms with E-state index in [2.05, 4.69) is 5.16 Å². The maximum absolute atomic E-state index is 13.1. The highest BCUT2D eigenvalue weighted by molar-refractivity contribution is 6.01. The first-order valence-corrected chi connectivity index (χ1v) is 9.00. The first-order valence-electron chi connectivity index (χ1n) is 9.00. The van der Waals surface area contributed by atoms with E-state index >= 15 is 0 Å². The number of hydrogen-bond acceptors (Lipinski definition) is 3. The molecule has 0 radical (unpaired) electrons. The van der Waals surface area contributed by atoms with Crippen LogP contribution in [-0.4, -0.2) is 29.2 Å². The Kier molecular flexibility index (Phi) is 4.69. The fourth-order valence-corrected chi connectivity index (χ4v) is 3.20. The van der Waals surface area contributed by atoms with E-state index in [9.17, 15) is 9.18 Å². The van der Waals surface area contributed by atoms with Gasteiger partial charge in [-0.1, -0.05) is 47.6 Å². The van der Waals surface area contributed by atoms with Crippen molar-refractivity contribution in [3.05, 3.63) is 71.5 Å². The molecule has 0 unspecified atom stereocenters. The van der Waals surface area contributed by atoms with Crippen LogP contribution in [0.15, 0.2) is 59.8 Å². The number of nitrogens with zero attached hydrogens (tertiary/aromatic N) is 2. The highest BCUT2D eigenvalue weighted by Gasteiger charge is 2.35. The summed E-state index contributed by atoms with van der Waals surface area (Å²) >= 11 is 0. The number of oxime groups is 1. The summed E-state index contributed by atoms with van der Waals surface area (Å²) in [6.45, 7) is 0.961. The molecule has 1 saturated carbocycles. The van der Waals surface area contributed by atoms with Gasteiger partial charge in [0.2, 0.25) is 5.91 Å². The van der Waals surface area contributed by atoms with Crippen molar-refractivity contribution < 1.29 is 14.0 Å². The lowest BCUT2D eigenvalue weighted by Gasteiger charge is -2.25. The molecule has 0 saturated heterocycles. The van der Waals surface area contributed by atoms with Gasteiger partial charge in [0.1, 0.15) is 5.82 Å². The minimum atomic E-state index is -0.270. The third kappa shape index (κ3) is 3.93. The van der Waals surface area contributed by atoms with Crippen LogP contribution in [0.5, 0.6) is 0 Å². The molecule has 0 bridgehead atoms. The quantitative estimate of drug-likeness (QED) is 0.794. The molecule has 134 valence electrons. The fourth-order valence-electron chi connectivity index (χ4n) is 3.20. The molecule has 0 N–H and O–H groups in total. The summed E-state index contributed by atoms with van der Waals surface area (Å²) in [5.41, 5.74) is 2.88. The summed E-state index contributed by atoms with van der Waals surface area (Å²) in [4.78, 5) is 20.1. The molecule has 2 aromatic rings.